The summed E-state index contributed by atoms with van der Waals surface area (Å²) in [5, 5.41) is 13.5. The zero-order chi connectivity index (χ0) is 6.57. The lowest BCUT2D eigenvalue weighted by molar-refractivity contribution is -0.108. The van der Waals surface area contributed by atoms with Crippen LogP contribution in [0.5, 0.6) is 0 Å². The van der Waals surface area contributed by atoms with Crippen molar-refractivity contribution in [3.63, 3.8) is 0 Å². The van der Waals surface area contributed by atoms with Crippen LogP contribution in [-0.4, -0.2) is 18.2 Å². The van der Waals surface area contributed by atoms with Gasteiger partial charge in [-0.1, -0.05) is 0 Å². The van der Waals surface area contributed by atoms with Gasteiger partial charge in [-0.25, -0.2) is 0 Å². The molecule has 0 heterocycles. The van der Waals surface area contributed by atoms with Crippen molar-refractivity contribution in [3.8, 4) is 0 Å². The fourth-order valence-corrected chi connectivity index (χ4v) is 0.266. The molecule has 1 atom stereocenters. The van der Waals surface area contributed by atoms with Crippen LogP contribution < -0.4 is 0 Å². The highest BCUT2D eigenvalue weighted by Gasteiger charge is 2.02. The number of nitrogens with one attached hydrogen (secondary N) is 2. The number of hydrogen-bond acceptors (Lipinski definition) is 3. The van der Waals surface area contributed by atoms with Crippen LogP contribution in [0.1, 0.15) is 6.92 Å². The van der Waals surface area contributed by atoms with Crippen molar-refractivity contribution < 1.29 is 4.79 Å². The summed E-state index contributed by atoms with van der Waals surface area (Å²) >= 11 is 0. The normalized spacial score (nSPS) is 12.1. The summed E-state index contributed by atoms with van der Waals surface area (Å²) in [6, 6.07) is 0. The maximum absolute atomic E-state index is 9.89. The summed E-state index contributed by atoms with van der Waals surface area (Å²) in [5.74, 6) is -0.602. The van der Waals surface area contributed by atoms with Crippen LogP contribution in [0.3, 0.4) is 0 Å². The van der Waals surface area contributed by atoms with E-state index in [1.54, 1.807) is 0 Å². The third-order valence-corrected chi connectivity index (χ3v) is 0.826. The molecule has 0 aromatic rings. The maximum Gasteiger partial charge on any atom is 0.134 e. The quantitative estimate of drug-likeness (QED) is 0.405. The molecule has 0 aromatic carbocycles. The highest BCUT2D eigenvalue weighted by Crippen LogP contribution is 1.86. The fourth-order valence-electron chi connectivity index (χ4n) is 0.266. The number of aldehydes is 1. The molecule has 0 aliphatic rings. The van der Waals surface area contributed by atoms with Gasteiger partial charge in [0.2, 0.25) is 0 Å². The van der Waals surface area contributed by atoms with E-state index in [0.717, 1.165) is 6.21 Å². The standard InChI is InChI=1S/C5H8N2O/c1-4(7)5(2-6)3-8/h2-3,5-7H,1H3. The molecule has 0 aliphatic heterocycles. The van der Waals surface area contributed by atoms with E-state index in [4.69, 9.17) is 10.8 Å². The molecule has 1 unspecified atom stereocenters. The smallest absolute Gasteiger partial charge is 0.134 e. The Hall–Kier alpha value is -0.990. The van der Waals surface area contributed by atoms with E-state index >= 15 is 0 Å². The fraction of sp³-hybridized carbons (Fsp3) is 0.400. The van der Waals surface area contributed by atoms with Crippen molar-refractivity contribution in [1.29, 1.82) is 10.8 Å². The van der Waals surface area contributed by atoms with Crippen LogP contribution in [0, 0.1) is 16.7 Å². The second kappa shape index (κ2) is 3.07. The lowest BCUT2D eigenvalue weighted by Gasteiger charge is -1.95. The summed E-state index contributed by atoms with van der Waals surface area (Å²) in [7, 11) is 0. The summed E-state index contributed by atoms with van der Waals surface area (Å²) in [4.78, 5) is 9.89. The first-order valence-electron chi connectivity index (χ1n) is 2.23. The molecular weight excluding hydrogens is 104 g/mol. The average Bonchev–Trinajstić information content (AvgIpc) is 1.69. The molecule has 2 N–H and O–H groups in total. The summed E-state index contributed by atoms with van der Waals surface area (Å²) < 4.78 is 0. The molecule has 3 heteroatoms. The summed E-state index contributed by atoms with van der Waals surface area (Å²) in [5.41, 5.74) is 0.218. The van der Waals surface area contributed by atoms with Crippen LogP contribution in [-0.2, 0) is 4.79 Å². The first kappa shape index (κ1) is 7.01. The van der Waals surface area contributed by atoms with E-state index < -0.39 is 5.92 Å². The Balaban J connectivity index is 3.88. The minimum atomic E-state index is -0.602. The van der Waals surface area contributed by atoms with E-state index in [2.05, 4.69) is 0 Å². The Morgan fingerprint density at radius 3 is 2.25 bits per heavy atom. The van der Waals surface area contributed by atoms with Gasteiger partial charge in [0.1, 0.15) is 6.29 Å². The molecule has 0 aromatic heterocycles. The molecule has 0 fully saturated rings. The zero-order valence-corrected chi connectivity index (χ0v) is 4.64. The van der Waals surface area contributed by atoms with Crippen molar-refractivity contribution in [2.75, 3.05) is 0 Å². The molecule has 0 rings (SSSR count). The second-order valence-electron chi connectivity index (χ2n) is 1.51. The molecule has 0 bridgehead atoms. The SMILES string of the molecule is CC(=N)C(C=N)C=O. The van der Waals surface area contributed by atoms with E-state index in [0.29, 0.717) is 6.29 Å². The Bertz CT molecular complexity index is 112. The van der Waals surface area contributed by atoms with Gasteiger partial charge in [0.05, 0.1) is 5.92 Å². The number of carbonyl (C=O) groups is 1. The molecule has 0 aliphatic carbocycles. The van der Waals surface area contributed by atoms with Gasteiger partial charge in [-0.05, 0) is 6.92 Å². The average molecular weight is 112 g/mol. The van der Waals surface area contributed by atoms with Crippen molar-refractivity contribution in [2.24, 2.45) is 5.92 Å². The van der Waals surface area contributed by atoms with Crippen LogP contribution in [0.4, 0.5) is 0 Å². The number of rotatable bonds is 3. The molecule has 0 spiro atoms. The minimum absolute atomic E-state index is 0.218. The Morgan fingerprint density at radius 2 is 2.25 bits per heavy atom. The molecule has 3 nitrogen and oxygen atoms in total. The predicted molar refractivity (Wildman–Crippen MR) is 31.7 cm³/mol. The van der Waals surface area contributed by atoms with Crippen molar-refractivity contribution in [2.45, 2.75) is 6.92 Å². The zero-order valence-electron chi connectivity index (χ0n) is 4.64. The highest BCUT2D eigenvalue weighted by atomic mass is 16.1. The Morgan fingerprint density at radius 1 is 1.75 bits per heavy atom. The molecule has 44 valence electrons. The molecule has 0 amide bonds. The largest absolute Gasteiger partial charge is 0.312 e. The van der Waals surface area contributed by atoms with Crippen LogP contribution in [0.15, 0.2) is 0 Å². The number of carbonyl (C=O) groups excluding carboxylic acids is 1. The first-order chi connectivity index (χ1) is 3.72. The van der Waals surface area contributed by atoms with Gasteiger partial charge in [-0.15, -0.1) is 0 Å². The third-order valence-electron chi connectivity index (χ3n) is 0.826. The van der Waals surface area contributed by atoms with E-state index in [9.17, 15) is 4.79 Å². The topological polar surface area (TPSA) is 64.8 Å². The van der Waals surface area contributed by atoms with Crippen LogP contribution in [0.25, 0.3) is 0 Å². The van der Waals surface area contributed by atoms with Crippen molar-refractivity contribution >= 4 is 18.2 Å². The minimum Gasteiger partial charge on any atom is -0.312 e. The monoisotopic (exact) mass is 112 g/mol. The van der Waals surface area contributed by atoms with Gasteiger partial charge in [-0.2, -0.15) is 0 Å². The molecule has 8 heavy (non-hydrogen) atoms. The summed E-state index contributed by atoms with van der Waals surface area (Å²) in [6.07, 6.45) is 1.53. The molecule has 0 radical (unpaired) electrons. The Labute approximate surface area is 47.7 Å². The van der Waals surface area contributed by atoms with Crippen molar-refractivity contribution in [3.05, 3.63) is 0 Å². The lowest BCUT2D eigenvalue weighted by Crippen LogP contribution is -2.11. The maximum atomic E-state index is 9.89. The number of hydrogen-bond donors (Lipinski definition) is 2. The van der Waals surface area contributed by atoms with Crippen molar-refractivity contribution in [1.82, 2.24) is 0 Å². The van der Waals surface area contributed by atoms with Gasteiger partial charge in [0.15, 0.2) is 0 Å². The van der Waals surface area contributed by atoms with Gasteiger partial charge >= 0.3 is 0 Å². The van der Waals surface area contributed by atoms with Gasteiger partial charge in [-0.3, -0.25) is 0 Å². The van der Waals surface area contributed by atoms with Crippen LogP contribution >= 0.6 is 0 Å². The highest BCUT2D eigenvalue weighted by molar-refractivity contribution is 6.06. The van der Waals surface area contributed by atoms with Gasteiger partial charge in [0, 0.05) is 11.9 Å². The van der Waals surface area contributed by atoms with E-state index in [1.807, 2.05) is 0 Å². The molecular formula is C5H8N2O. The second-order valence-corrected chi connectivity index (χ2v) is 1.51. The third kappa shape index (κ3) is 1.64. The summed E-state index contributed by atoms with van der Waals surface area (Å²) in [6.45, 7) is 1.50. The van der Waals surface area contributed by atoms with Gasteiger partial charge in [0.25, 0.3) is 0 Å². The predicted octanol–water partition coefficient (Wildman–Crippen LogP) is 0.491. The first-order valence-corrected chi connectivity index (χ1v) is 2.23. The van der Waals surface area contributed by atoms with Gasteiger partial charge < -0.3 is 15.6 Å². The molecule has 0 saturated heterocycles. The Kier molecular flexibility index (Phi) is 2.69. The lowest BCUT2D eigenvalue weighted by atomic mass is 10.1. The van der Waals surface area contributed by atoms with Crippen LogP contribution in [0.2, 0.25) is 0 Å². The van der Waals surface area contributed by atoms with E-state index in [1.165, 1.54) is 6.92 Å². The van der Waals surface area contributed by atoms with E-state index in [-0.39, 0.29) is 5.71 Å². The molecule has 0 saturated carbocycles.